The van der Waals surface area contributed by atoms with Crippen LogP contribution >= 0.6 is 11.8 Å². The van der Waals surface area contributed by atoms with E-state index in [1.54, 1.807) is 17.3 Å². The lowest BCUT2D eigenvalue weighted by Crippen LogP contribution is -2.39. The van der Waals surface area contributed by atoms with Gasteiger partial charge in [-0.25, -0.2) is 4.79 Å². The highest BCUT2D eigenvalue weighted by Gasteiger charge is 2.16. The molecule has 2 aromatic rings. The molecule has 0 bridgehead atoms. The minimum Gasteiger partial charge on any atom is -0.338 e. The molecule has 0 aliphatic rings. The van der Waals surface area contributed by atoms with Crippen molar-refractivity contribution < 1.29 is 4.79 Å². The van der Waals surface area contributed by atoms with Crippen LogP contribution < -0.4 is 5.32 Å². The largest absolute Gasteiger partial charge is 0.338 e. The molecule has 1 aromatic carbocycles. The molecule has 1 heterocycles. The Labute approximate surface area is 155 Å². The second-order valence-corrected chi connectivity index (χ2v) is 7.31. The van der Waals surface area contributed by atoms with E-state index in [1.165, 1.54) is 11.1 Å². The molecule has 0 unspecified atom stereocenters. The number of urea groups is 1. The summed E-state index contributed by atoms with van der Waals surface area (Å²) in [5, 5.41) is 2.99. The number of thioether (sulfide) groups is 1. The van der Waals surface area contributed by atoms with Crippen LogP contribution in [0.2, 0.25) is 0 Å². The summed E-state index contributed by atoms with van der Waals surface area (Å²) in [5.74, 6) is 2.06. The second-order valence-electron chi connectivity index (χ2n) is 6.20. The van der Waals surface area contributed by atoms with E-state index < -0.39 is 0 Å². The highest BCUT2D eigenvalue weighted by Crippen LogP contribution is 2.17. The van der Waals surface area contributed by atoms with Gasteiger partial charge in [0, 0.05) is 31.7 Å². The van der Waals surface area contributed by atoms with Crippen LogP contribution in [0.5, 0.6) is 0 Å². The van der Waals surface area contributed by atoms with Gasteiger partial charge in [0.1, 0.15) is 0 Å². The first-order valence-electron chi connectivity index (χ1n) is 8.62. The molecule has 0 saturated carbocycles. The van der Waals surface area contributed by atoms with E-state index in [-0.39, 0.29) is 12.1 Å². The zero-order valence-corrected chi connectivity index (χ0v) is 16.1. The molecule has 0 radical (unpaired) electrons. The van der Waals surface area contributed by atoms with Gasteiger partial charge < -0.3 is 10.2 Å². The fourth-order valence-electron chi connectivity index (χ4n) is 2.51. The molecular formula is C20H27N3OS. The molecule has 134 valence electrons. The molecule has 2 amide bonds. The van der Waals surface area contributed by atoms with Crippen molar-refractivity contribution in [1.82, 2.24) is 15.2 Å². The van der Waals surface area contributed by atoms with Crippen molar-refractivity contribution in [2.75, 3.05) is 19.3 Å². The van der Waals surface area contributed by atoms with Gasteiger partial charge in [-0.15, -0.1) is 0 Å². The Morgan fingerprint density at radius 2 is 2.16 bits per heavy atom. The van der Waals surface area contributed by atoms with Crippen LogP contribution in [-0.2, 0) is 5.75 Å². The maximum atomic E-state index is 12.2. The summed E-state index contributed by atoms with van der Waals surface area (Å²) in [6, 6.07) is 12.5. The summed E-state index contributed by atoms with van der Waals surface area (Å²) in [6.07, 6.45) is 4.51. The van der Waals surface area contributed by atoms with E-state index in [1.807, 2.05) is 37.9 Å². The van der Waals surface area contributed by atoms with Gasteiger partial charge in [0.2, 0.25) is 0 Å². The lowest BCUT2D eigenvalue weighted by molar-refractivity contribution is 0.194. The maximum absolute atomic E-state index is 12.2. The number of aromatic nitrogens is 1. The first-order chi connectivity index (χ1) is 12.1. The van der Waals surface area contributed by atoms with Crippen LogP contribution in [0.4, 0.5) is 4.79 Å². The zero-order valence-electron chi connectivity index (χ0n) is 15.2. The van der Waals surface area contributed by atoms with Crippen molar-refractivity contribution in [3.63, 3.8) is 0 Å². The van der Waals surface area contributed by atoms with Gasteiger partial charge in [0.25, 0.3) is 0 Å². The number of carbonyl (C=O) groups is 1. The molecule has 1 atom stereocenters. The lowest BCUT2D eigenvalue weighted by Gasteiger charge is -2.25. The lowest BCUT2D eigenvalue weighted by atomic mass is 10.1. The number of benzene rings is 1. The van der Waals surface area contributed by atoms with Crippen LogP contribution in [-0.4, -0.2) is 35.3 Å². The zero-order chi connectivity index (χ0) is 18.1. The fourth-order valence-corrected chi connectivity index (χ4v) is 3.42. The first-order valence-corrected chi connectivity index (χ1v) is 9.77. The number of nitrogens with one attached hydrogen (secondary N) is 1. The van der Waals surface area contributed by atoms with Crippen molar-refractivity contribution in [2.24, 2.45) is 0 Å². The van der Waals surface area contributed by atoms with E-state index in [0.29, 0.717) is 6.54 Å². The minimum atomic E-state index is -0.0416. The average Bonchev–Trinajstić information content (AvgIpc) is 2.64. The standard InChI is InChI=1S/C20H27N3OS/c1-16-7-4-8-18(13-16)15-25-12-6-11-22-20(24)23(3)17(2)19-9-5-10-21-14-19/h4-5,7-10,13-14,17H,6,11-12,15H2,1-3H3,(H,22,24)/t17-/m1/s1. The Balaban J connectivity index is 1.63. The Hall–Kier alpha value is -2.01. The number of rotatable bonds is 8. The number of pyridine rings is 1. The van der Waals surface area contributed by atoms with Gasteiger partial charge in [-0.05, 0) is 43.2 Å². The van der Waals surface area contributed by atoms with Crippen molar-refractivity contribution >= 4 is 17.8 Å². The monoisotopic (exact) mass is 357 g/mol. The van der Waals surface area contributed by atoms with Gasteiger partial charge in [-0.2, -0.15) is 11.8 Å². The average molecular weight is 358 g/mol. The summed E-state index contributed by atoms with van der Waals surface area (Å²) in [6.45, 7) is 4.82. The van der Waals surface area contributed by atoms with Crippen LogP contribution in [0, 0.1) is 6.92 Å². The Morgan fingerprint density at radius 3 is 2.88 bits per heavy atom. The normalized spacial score (nSPS) is 11.8. The summed E-state index contributed by atoms with van der Waals surface area (Å²) in [4.78, 5) is 18.1. The van der Waals surface area contributed by atoms with Crippen molar-refractivity contribution in [2.45, 2.75) is 32.1 Å². The first kappa shape index (κ1) is 19.3. The molecule has 5 heteroatoms. The maximum Gasteiger partial charge on any atom is 0.317 e. The number of aryl methyl sites for hydroxylation is 1. The molecule has 1 N–H and O–H groups in total. The minimum absolute atomic E-state index is 0.00407. The van der Waals surface area contributed by atoms with Crippen LogP contribution in [0.3, 0.4) is 0 Å². The molecule has 0 spiro atoms. The number of hydrogen-bond donors (Lipinski definition) is 1. The molecule has 0 fully saturated rings. The molecule has 0 aliphatic heterocycles. The van der Waals surface area contributed by atoms with E-state index in [2.05, 4.69) is 41.5 Å². The van der Waals surface area contributed by atoms with Crippen LogP contribution in [0.15, 0.2) is 48.8 Å². The predicted molar refractivity (Wildman–Crippen MR) is 106 cm³/mol. The quantitative estimate of drug-likeness (QED) is 0.712. The molecule has 4 nitrogen and oxygen atoms in total. The number of carbonyl (C=O) groups excluding carboxylic acids is 1. The van der Waals surface area contributed by atoms with Crippen molar-refractivity contribution in [1.29, 1.82) is 0 Å². The topological polar surface area (TPSA) is 45.2 Å². The third kappa shape index (κ3) is 6.42. The van der Waals surface area contributed by atoms with E-state index in [0.717, 1.165) is 23.5 Å². The van der Waals surface area contributed by atoms with Gasteiger partial charge in [-0.3, -0.25) is 4.98 Å². The third-order valence-electron chi connectivity index (χ3n) is 4.16. The van der Waals surface area contributed by atoms with E-state index >= 15 is 0 Å². The number of hydrogen-bond acceptors (Lipinski definition) is 3. The fraction of sp³-hybridized carbons (Fsp3) is 0.400. The van der Waals surface area contributed by atoms with Gasteiger partial charge in [0.15, 0.2) is 0 Å². The predicted octanol–water partition coefficient (Wildman–Crippen LogP) is 4.42. The Morgan fingerprint density at radius 1 is 1.32 bits per heavy atom. The number of nitrogens with zero attached hydrogens (tertiary/aromatic N) is 2. The molecule has 1 aromatic heterocycles. The van der Waals surface area contributed by atoms with E-state index in [9.17, 15) is 4.79 Å². The second kappa shape index (κ2) is 10.1. The summed E-state index contributed by atoms with van der Waals surface area (Å²) >= 11 is 1.91. The van der Waals surface area contributed by atoms with E-state index in [4.69, 9.17) is 0 Å². The van der Waals surface area contributed by atoms with Gasteiger partial charge in [-0.1, -0.05) is 35.9 Å². The highest BCUT2D eigenvalue weighted by molar-refractivity contribution is 7.98. The molecular weight excluding hydrogens is 330 g/mol. The summed E-state index contributed by atoms with van der Waals surface area (Å²) in [5.41, 5.74) is 3.70. The SMILES string of the molecule is Cc1cccc(CSCCCNC(=O)N(C)[C@H](C)c2cccnc2)c1. The van der Waals surface area contributed by atoms with Gasteiger partial charge in [0.05, 0.1) is 6.04 Å². The summed E-state index contributed by atoms with van der Waals surface area (Å²) < 4.78 is 0. The van der Waals surface area contributed by atoms with Crippen molar-refractivity contribution in [3.05, 3.63) is 65.5 Å². The Bertz CT molecular complexity index is 663. The van der Waals surface area contributed by atoms with Crippen LogP contribution in [0.1, 0.15) is 36.1 Å². The summed E-state index contributed by atoms with van der Waals surface area (Å²) in [7, 11) is 1.82. The smallest absolute Gasteiger partial charge is 0.317 e. The third-order valence-corrected chi connectivity index (χ3v) is 5.28. The van der Waals surface area contributed by atoms with Gasteiger partial charge >= 0.3 is 6.03 Å². The molecule has 25 heavy (non-hydrogen) atoms. The molecule has 0 aliphatic carbocycles. The Kier molecular flexibility index (Phi) is 7.79. The highest BCUT2D eigenvalue weighted by atomic mass is 32.2. The number of amides is 2. The van der Waals surface area contributed by atoms with Crippen molar-refractivity contribution in [3.8, 4) is 0 Å². The molecule has 2 rings (SSSR count). The molecule has 0 saturated heterocycles. The van der Waals surface area contributed by atoms with Crippen LogP contribution in [0.25, 0.3) is 0 Å².